The number of Topliss-reactive ketones (excluding diaryl/α,β-unsaturated/α-hetero) is 1. The maximum absolute atomic E-state index is 14.3. The average molecular weight is 699 g/mol. The van der Waals surface area contributed by atoms with E-state index in [1.807, 2.05) is 12.1 Å². The molecule has 2 bridgehead atoms. The third-order valence-corrected chi connectivity index (χ3v) is 9.97. The summed E-state index contributed by atoms with van der Waals surface area (Å²) in [7, 11) is 2.12. The van der Waals surface area contributed by atoms with E-state index in [0.29, 0.717) is 51.2 Å². The fourth-order valence-electron chi connectivity index (χ4n) is 7.15. The Hall–Kier alpha value is -4.36. The summed E-state index contributed by atoms with van der Waals surface area (Å²) in [5.41, 5.74) is 2.88. The molecule has 1 spiro atoms. The van der Waals surface area contributed by atoms with Crippen molar-refractivity contribution in [2.45, 2.75) is 64.6 Å². The minimum absolute atomic E-state index is 0.0590. The zero-order valence-corrected chi connectivity index (χ0v) is 28.2. The molecule has 3 atom stereocenters. The van der Waals surface area contributed by atoms with E-state index in [1.54, 1.807) is 36.5 Å². The Labute approximate surface area is 280 Å². The fourth-order valence-corrected chi connectivity index (χ4v) is 7.46. The molecule has 1 saturated heterocycles. The summed E-state index contributed by atoms with van der Waals surface area (Å²) in [4.78, 5) is 62.8. The lowest BCUT2D eigenvalue weighted by molar-refractivity contribution is -0.138. The molecule has 0 unspecified atom stereocenters. The number of anilines is 1. The highest BCUT2D eigenvalue weighted by molar-refractivity contribution is 9.10. The van der Waals surface area contributed by atoms with Crippen LogP contribution in [0.3, 0.4) is 0 Å². The Balaban J connectivity index is 1.21. The summed E-state index contributed by atoms with van der Waals surface area (Å²) in [6, 6.07) is 4.89. The molecular formula is C34H36BrN9O3. The number of hydrogen-bond acceptors (Lipinski definition) is 9. The highest BCUT2D eigenvalue weighted by atomic mass is 79.9. The molecule has 47 heavy (non-hydrogen) atoms. The molecule has 2 amide bonds. The monoisotopic (exact) mass is 697 g/mol. The minimum atomic E-state index is -0.663. The van der Waals surface area contributed by atoms with Gasteiger partial charge in [-0.15, -0.1) is 0 Å². The van der Waals surface area contributed by atoms with Crippen molar-refractivity contribution in [3.8, 4) is 11.3 Å². The number of aryl methyl sites for hydroxylation is 1. The van der Waals surface area contributed by atoms with E-state index < -0.39 is 6.04 Å². The number of carbonyl (C=O) groups is 3. The third-order valence-electron chi connectivity index (χ3n) is 9.53. The van der Waals surface area contributed by atoms with Crippen LogP contribution in [-0.2, 0) is 22.6 Å². The molecule has 3 aliphatic rings. The van der Waals surface area contributed by atoms with Gasteiger partial charge >= 0.3 is 0 Å². The van der Waals surface area contributed by atoms with E-state index in [4.69, 9.17) is 0 Å². The van der Waals surface area contributed by atoms with Crippen molar-refractivity contribution in [2.24, 2.45) is 5.41 Å². The van der Waals surface area contributed by atoms with E-state index in [9.17, 15) is 14.4 Å². The first-order valence-corrected chi connectivity index (χ1v) is 16.7. The largest absolute Gasteiger partial charge is 0.325 e. The van der Waals surface area contributed by atoms with Gasteiger partial charge in [-0.2, -0.15) is 5.10 Å². The molecule has 2 fully saturated rings. The first-order valence-electron chi connectivity index (χ1n) is 15.9. The Morgan fingerprint density at radius 3 is 2.70 bits per heavy atom. The summed E-state index contributed by atoms with van der Waals surface area (Å²) >= 11 is 3.44. The number of pyridine rings is 2. The Kier molecular flexibility index (Phi) is 8.21. The predicted molar refractivity (Wildman–Crippen MR) is 180 cm³/mol. The maximum Gasteiger partial charge on any atom is 0.248 e. The molecule has 6 heterocycles. The zero-order valence-electron chi connectivity index (χ0n) is 26.6. The number of aromatic nitrogens is 6. The topological polar surface area (TPSA) is 139 Å². The van der Waals surface area contributed by atoms with E-state index in [1.165, 1.54) is 11.6 Å². The number of hydrogen-bond donors (Lipinski definition) is 1. The molecule has 1 N–H and O–H groups in total. The predicted octanol–water partition coefficient (Wildman–Crippen LogP) is 4.38. The first-order chi connectivity index (χ1) is 22.6. The molecule has 2 aliphatic heterocycles. The van der Waals surface area contributed by atoms with Crippen LogP contribution in [0.1, 0.15) is 54.5 Å². The zero-order chi connectivity index (χ0) is 32.9. The lowest BCUT2D eigenvalue weighted by atomic mass is 9.98. The molecule has 4 aromatic rings. The van der Waals surface area contributed by atoms with Crippen LogP contribution in [-0.4, -0.2) is 89.3 Å². The van der Waals surface area contributed by atoms with Crippen molar-refractivity contribution in [2.75, 3.05) is 25.5 Å². The van der Waals surface area contributed by atoms with E-state index >= 15 is 0 Å². The summed E-state index contributed by atoms with van der Waals surface area (Å²) in [5, 5.41) is 8.24. The van der Waals surface area contributed by atoms with Crippen LogP contribution < -0.4 is 5.32 Å². The van der Waals surface area contributed by atoms with Gasteiger partial charge in [-0.05, 0) is 86.2 Å². The van der Waals surface area contributed by atoms with Gasteiger partial charge in [-0.3, -0.25) is 24.0 Å². The highest BCUT2D eigenvalue weighted by Gasteiger charge is 2.67. The van der Waals surface area contributed by atoms with Crippen LogP contribution in [0.5, 0.6) is 0 Å². The van der Waals surface area contributed by atoms with Gasteiger partial charge < -0.3 is 15.1 Å². The molecule has 13 heteroatoms. The first kappa shape index (κ1) is 31.3. The van der Waals surface area contributed by atoms with Gasteiger partial charge in [-0.1, -0.05) is 18.2 Å². The second-order valence-corrected chi connectivity index (χ2v) is 13.8. The number of nitrogens with zero attached hydrogens (tertiary/aromatic N) is 8. The second-order valence-electron chi connectivity index (χ2n) is 13.0. The fraction of sp³-hybridized carbons (Fsp3) is 0.412. The third kappa shape index (κ3) is 6.09. The number of fused-ring (bicyclic) bond motifs is 3. The number of allylic oxidation sites excluding steroid dienone is 2. The number of nitrogens with one attached hydrogen (secondary N) is 1. The number of carbonyl (C=O) groups excluding carboxylic acids is 3. The van der Waals surface area contributed by atoms with Gasteiger partial charge in [0.2, 0.25) is 11.8 Å². The van der Waals surface area contributed by atoms with Crippen molar-refractivity contribution in [3.05, 3.63) is 70.6 Å². The number of ketones is 1. The standard InChI is InChI=1S/C34H36BrN9O3/c1-20(45)31-24-12-25(23-15-36-21(2)37-16-23)38-17-27(24)43(41-31)18-30(46)44-26-13-34(14-28(34)44)19-42(3)11-7-5-4-6-8-22-9-10-29(35)39-32(22)40-33(26)47/h4,6,9-10,12,15-17,26,28H,5,7-8,11,13-14,18-19H2,1-3H3,(H,39,40,47)/t26-,28+,34-/m0/s1. The van der Waals surface area contributed by atoms with E-state index in [0.717, 1.165) is 37.9 Å². The van der Waals surface area contributed by atoms with Gasteiger partial charge in [0.1, 0.15) is 34.5 Å². The second kappa shape index (κ2) is 12.3. The van der Waals surface area contributed by atoms with Gasteiger partial charge in [0.25, 0.3) is 0 Å². The summed E-state index contributed by atoms with van der Waals surface area (Å²) in [6.07, 6.45) is 13.4. The molecule has 242 valence electrons. The van der Waals surface area contributed by atoms with Gasteiger partial charge in [0.05, 0.1) is 17.4 Å². The number of piperidine rings is 1. The molecule has 12 nitrogen and oxygen atoms in total. The minimum Gasteiger partial charge on any atom is -0.325 e. The van der Waals surface area contributed by atoms with Crippen LogP contribution in [0.15, 0.2) is 53.5 Å². The molecule has 4 aromatic heterocycles. The van der Waals surface area contributed by atoms with Crippen LogP contribution in [0.25, 0.3) is 22.2 Å². The average Bonchev–Trinajstić information content (AvgIpc) is 3.44. The van der Waals surface area contributed by atoms with Crippen LogP contribution in [0, 0.1) is 12.3 Å². The number of likely N-dealkylation sites (tertiary alicyclic amines) is 1. The van der Waals surface area contributed by atoms with Crippen molar-refractivity contribution in [3.63, 3.8) is 0 Å². The Bertz CT molecular complexity index is 1920. The quantitative estimate of drug-likeness (QED) is 0.187. The Morgan fingerprint density at radius 1 is 1.11 bits per heavy atom. The van der Waals surface area contributed by atoms with E-state index in [2.05, 4.69) is 70.4 Å². The summed E-state index contributed by atoms with van der Waals surface area (Å²) in [6.45, 7) is 4.88. The lowest BCUT2D eigenvalue weighted by Crippen LogP contribution is -2.47. The van der Waals surface area contributed by atoms with Gasteiger partial charge in [0.15, 0.2) is 5.78 Å². The smallest absolute Gasteiger partial charge is 0.248 e. The van der Waals surface area contributed by atoms with Crippen LogP contribution >= 0.6 is 15.9 Å². The van der Waals surface area contributed by atoms with Crippen molar-refractivity contribution in [1.29, 1.82) is 0 Å². The van der Waals surface area contributed by atoms with Gasteiger partial charge in [0, 0.05) is 48.3 Å². The number of rotatable bonds is 4. The van der Waals surface area contributed by atoms with Gasteiger partial charge in [-0.25, -0.2) is 15.0 Å². The van der Waals surface area contributed by atoms with Crippen molar-refractivity contribution >= 4 is 50.2 Å². The van der Waals surface area contributed by atoms with Crippen molar-refractivity contribution in [1.82, 2.24) is 39.5 Å². The van der Waals surface area contributed by atoms with Crippen LogP contribution in [0.4, 0.5) is 5.82 Å². The number of halogens is 1. The normalized spacial score (nSPS) is 23.1. The maximum atomic E-state index is 14.3. The van der Waals surface area contributed by atoms with Crippen LogP contribution in [0.2, 0.25) is 0 Å². The van der Waals surface area contributed by atoms with Crippen molar-refractivity contribution < 1.29 is 14.4 Å². The molecule has 7 rings (SSSR count). The molecule has 0 aromatic carbocycles. The lowest BCUT2D eigenvalue weighted by Gasteiger charge is -2.27. The molecular weight excluding hydrogens is 662 g/mol. The van der Waals surface area contributed by atoms with E-state index in [-0.39, 0.29) is 41.3 Å². The molecule has 1 aliphatic carbocycles. The number of amides is 2. The molecule has 1 saturated carbocycles. The highest BCUT2D eigenvalue weighted by Crippen LogP contribution is 2.60. The molecule has 0 radical (unpaired) electrons. The summed E-state index contributed by atoms with van der Waals surface area (Å²) in [5.74, 6) is 0.443. The SMILES string of the molecule is CC(=O)c1nn(CC(=O)N2[C@H]3C[C@]4(C[C@@H]24)CN(C)CCCC=CCc2ccc(Br)nc2NC3=O)c2cnc(-c3cnc(C)nc3)cc12. The summed E-state index contributed by atoms with van der Waals surface area (Å²) < 4.78 is 2.16. The Morgan fingerprint density at radius 2 is 1.91 bits per heavy atom.